The number of aliphatic imine (C=N–C) groups is 1. The van der Waals surface area contributed by atoms with Gasteiger partial charge in [-0.3, -0.25) is 9.79 Å². The molecule has 0 unspecified atom stereocenters. The van der Waals surface area contributed by atoms with Crippen molar-refractivity contribution in [3.05, 3.63) is 50.8 Å². The Morgan fingerprint density at radius 3 is 2.85 bits per heavy atom. The van der Waals surface area contributed by atoms with Gasteiger partial charge < -0.3 is 5.73 Å². The molecule has 1 aromatic carbocycles. The first-order chi connectivity index (χ1) is 13.2. The number of benzene rings is 1. The molecular formula is C20H19N5OS. The lowest BCUT2D eigenvalue weighted by Gasteiger charge is -2.18. The normalized spacial score (nSPS) is 18.4. The van der Waals surface area contributed by atoms with Crippen molar-refractivity contribution in [1.82, 2.24) is 14.6 Å². The molecule has 2 aromatic heterocycles. The standard InChI is InChI=1S/C20H19N5OS/c21-17-15(10-13-11-22-16-9-5-4-8-14(13)16)18(26)23-20-25(17)24-19(27-20)12-6-2-1-3-7-12/h4-5,8-12H,1-3,6-7,21H2. The number of aromatic nitrogens is 3. The Balaban J connectivity index is 1.60. The Morgan fingerprint density at radius 1 is 1.19 bits per heavy atom. The summed E-state index contributed by atoms with van der Waals surface area (Å²) in [7, 11) is 0. The second kappa shape index (κ2) is 6.42. The van der Waals surface area contributed by atoms with Gasteiger partial charge in [0.15, 0.2) is 0 Å². The zero-order valence-corrected chi connectivity index (χ0v) is 15.6. The molecule has 3 heterocycles. The van der Waals surface area contributed by atoms with E-state index in [4.69, 9.17) is 10.8 Å². The summed E-state index contributed by atoms with van der Waals surface area (Å²) in [5.74, 6) is 0.796. The molecule has 0 bridgehead atoms. The molecule has 136 valence electrons. The number of allylic oxidation sites excluding steroid dienone is 1. The Labute approximate surface area is 160 Å². The van der Waals surface area contributed by atoms with E-state index in [1.165, 1.54) is 30.6 Å². The van der Waals surface area contributed by atoms with Crippen molar-refractivity contribution >= 4 is 45.7 Å². The van der Waals surface area contributed by atoms with Crippen LogP contribution in [0.1, 0.15) is 54.2 Å². The van der Waals surface area contributed by atoms with Crippen LogP contribution in [0.25, 0.3) is 16.6 Å². The Hall–Kier alpha value is -2.80. The average Bonchev–Trinajstić information content (AvgIpc) is 3.30. The first-order valence-corrected chi connectivity index (χ1v) is 10.1. The van der Waals surface area contributed by atoms with Gasteiger partial charge in [0, 0.05) is 23.3 Å². The third kappa shape index (κ3) is 2.78. The highest BCUT2D eigenvalue weighted by Gasteiger charge is 2.22. The van der Waals surface area contributed by atoms with Gasteiger partial charge >= 0.3 is 0 Å². The monoisotopic (exact) mass is 377 g/mol. The zero-order valence-electron chi connectivity index (χ0n) is 14.8. The molecule has 0 amide bonds. The maximum Gasteiger partial charge on any atom is 0.283 e. The Bertz CT molecular complexity index is 1150. The molecule has 7 heteroatoms. The minimum absolute atomic E-state index is 0.323. The fourth-order valence-corrected chi connectivity index (χ4v) is 4.92. The van der Waals surface area contributed by atoms with Crippen molar-refractivity contribution in [3.63, 3.8) is 0 Å². The summed E-state index contributed by atoms with van der Waals surface area (Å²) in [6, 6.07) is 7.83. The summed E-state index contributed by atoms with van der Waals surface area (Å²) in [5.41, 5.74) is 9.12. The predicted molar refractivity (Wildman–Crippen MR) is 110 cm³/mol. The van der Waals surface area contributed by atoms with Crippen LogP contribution < -0.4 is 11.3 Å². The maximum atomic E-state index is 12.6. The summed E-state index contributed by atoms with van der Waals surface area (Å²) < 4.78 is 1.63. The molecule has 2 aliphatic rings. The number of rotatable bonds is 2. The molecule has 27 heavy (non-hydrogen) atoms. The minimum Gasteiger partial charge on any atom is -0.383 e. The summed E-state index contributed by atoms with van der Waals surface area (Å²) in [6.45, 7) is 0. The van der Waals surface area contributed by atoms with Crippen LogP contribution >= 0.6 is 11.3 Å². The van der Waals surface area contributed by atoms with Crippen molar-refractivity contribution in [2.45, 2.75) is 38.0 Å². The number of hydrogen-bond acceptors (Lipinski definition) is 6. The van der Waals surface area contributed by atoms with Gasteiger partial charge in [-0.1, -0.05) is 48.8 Å². The second-order valence-corrected chi connectivity index (χ2v) is 8.05. The average molecular weight is 377 g/mol. The van der Waals surface area contributed by atoms with E-state index in [-0.39, 0.29) is 5.56 Å². The van der Waals surface area contributed by atoms with Crippen LogP contribution in [-0.2, 0) is 0 Å². The molecular weight excluding hydrogens is 358 g/mol. The number of nitrogen functional groups attached to an aromatic ring is 1. The van der Waals surface area contributed by atoms with E-state index in [2.05, 4.69) is 9.98 Å². The fraction of sp³-hybridized carbons (Fsp3) is 0.300. The summed E-state index contributed by atoms with van der Waals surface area (Å²) in [5, 5.41) is 5.74. The molecule has 2 N–H and O–H groups in total. The maximum absolute atomic E-state index is 12.6. The lowest BCUT2D eigenvalue weighted by molar-refractivity contribution is 0.440. The Morgan fingerprint density at radius 2 is 2.00 bits per heavy atom. The molecule has 6 nitrogen and oxygen atoms in total. The third-order valence-corrected chi connectivity index (χ3v) is 6.39. The molecule has 1 fully saturated rings. The van der Waals surface area contributed by atoms with Crippen LogP contribution in [-0.4, -0.2) is 20.8 Å². The van der Waals surface area contributed by atoms with E-state index in [9.17, 15) is 4.79 Å². The van der Waals surface area contributed by atoms with Crippen LogP contribution in [0.15, 0.2) is 34.1 Å². The predicted octanol–water partition coefficient (Wildman–Crippen LogP) is 4.04. The highest BCUT2D eigenvalue weighted by molar-refractivity contribution is 7.16. The van der Waals surface area contributed by atoms with Crippen molar-refractivity contribution in [3.8, 4) is 0 Å². The van der Waals surface area contributed by atoms with Gasteiger partial charge in [-0.15, -0.1) is 0 Å². The Kier molecular flexibility index (Phi) is 3.89. The molecule has 3 aromatic rings. The second-order valence-electron chi connectivity index (χ2n) is 7.06. The highest BCUT2D eigenvalue weighted by Crippen LogP contribution is 2.36. The lowest BCUT2D eigenvalue weighted by atomic mass is 9.90. The van der Waals surface area contributed by atoms with Gasteiger partial charge in [-0.05, 0) is 25.0 Å². The topological polar surface area (TPSA) is 85.6 Å². The van der Waals surface area contributed by atoms with E-state index in [0.717, 1.165) is 34.7 Å². The third-order valence-electron chi connectivity index (χ3n) is 5.32. The van der Waals surface area contributed by atoms with Crippen molar-refractivity contribution in [2.24, 2.45) is 4.99 Å². The smallest absolute Gasteiger partial charge is 0.283 e. The number of hydrogen-bond donors (Lipinski definition) is 1. The SMILES string of the molecule is Nc1c(C=C2C=Nc3ccccc32)c(=O)nc2sc(C3CCCCC3)nn12. The van der Waals surface area contributed by atoms with Gasteiger partial charge in [0.25, 0.3) is 5.56 Å². The summed E-state index contributed by atoms with van der Waals surface area (Å²) >= 11 is 1.49. The summed E-state index contributed by atoms with van der Waals surface area (Å²) in [6.07, 6.45) is 9.58. The van der Waals surface area contributed by atoms with E-state index in [1.54, 1.807) is 16.8 Å². The molecule has 1 aliphatic heterocycles. The highest BCUT2D eigenvalue weighted by atomic mass is 32.1. The van der Waals surface area contributed by atoms with E-state index in [1.807, 2.05) is 24.3 Å². The molecule has 1 aliphatic carbocycles. The fourth-order valence-electron chi connectivity index (χ4n) is 3.86. The number of para-hydroxylation sites is 1. The number of nitrogens with two attached hydrogens (primary N) is 1. The lowest BCUT2D eigenvalue weighted by Crippen LogP contribution is -2.17. The van der Waals surface area contributed by atoms with Crippen LogP contribution in [0.4, 0.5) is 11.5 Å². The van der Waals surface area contributed by atoms with Gasteiger partial charge in [-0.25, -0.2) is 0 Å². The van der Waals surface area contributed by atoms with E-state index in [0.29, 0.717) is 22.3 Å². The van der Waals surface area contributed by atoms with Gasteiger partial charge in [-0.2, -0.15) is 14.6 Å². The van der Waals surface area contributed by atoms with E-state index >= 15 is 0 Å². The van der Waals surface area contributed by atoms with Gasteiger partial charge in [0.1, 0.15) is 10.8 Å². The molecule has 0 atom stereocenters. The van der Waals surface area contributed by atoms with Crippen LogP contribution in [0.5, 0.6) is 0 Å². The first kappa shape index (κ1) is 16.4. The van der Waals surface area contributed by atoms with Crippen molar-refractivity contribution in [2.75, 3.05) is 5.73 Å². The van der Waals surface area contributed by atoms with Gasteiger partial charge in [0.2, 0.25) is 4.96 Å². The van der Waals surface area contributed by atoms with E-state index < -0.39 is 0 Å². The molecule has 0 saturated heterocycles. The molecule has 5 rings (SSSR count). The van der Waals surface area contributed by atoms with Crippen LogP contribution in [0.3, 0.4) is 0 Å². The summed E-state index contributed by atoms with van der Waals surface area (Å²) in [4.78, 5) is 21.8. The van der Waals surface area contributed by atoms with Crippen molar-refractivity contribution < 1.29 is 0 Å². The van der Waals surface area contributed by atoms with Crippen LogP contribution in [0.2, 0.25) is 0 Å². The number of fused-ring (bicyclic) bond motifs is 2. The number of nitrogens with zero attached hydrogens (tertiary/aromatic N) is 4. The minimum atomic E-state index is -0.323. The van der Waals surface area contributed by atoms with Gasteiger partial charge in [0.05, 0.1) is 11.3 Å². The molecule has 0 spiro atoms. The largest absolute Gasteiger partial charge is 0.383 e. The number of anilines is 1. The van der Waals surface area contributed by atoms with Crippen LogP contribution in [0, 0.1) is 0 Å². The van der Waals surface area contributed by atoms with Crippen molar-refractivity contribution in [1.29, 1.82) is 0 Å². The molecule has 0 radical (unpaired) electrons. The first-order valence-electron chi connectivity index (χ1n) is 9.25. The quantitative estimate of drug-likeness (QED) is 0.730. The molecule has 1 saturated carbocycles. The zero-order chi connectivity index (χ0) is 18.4.